The lowest BCUT2D eigenvalue weighted by Gasteiger charge is -2.33. The number of amides is 1. The molecule has 2 aliphatic rings. The number of aromatic nitrogens is 2. The first kappa shape index (κ1) is 19.4. The van der Waals surface area contributed by atoms with Crippen molar-refractivity contribution in [3.8, 4) is 0 Å². The van der Waals surface area contributed by atoms with E-state index in [1.165, 1.54) is 19.3 Å². The number of fused-ring (bicyclic) bond motifs is 1. The molecule has 28 heavy (non-hydrogen) atoms. The number of rotatable bonds is 4. The third kappa shape index (κ3) is 4.55. The van der Waals surface area contributed by atoms with Crippen LogP contribution in [0.2, 0.25) is 5.02 Å². The summed E-state index contributed by atoms with van der Waals surface area (Å²) in [6.07, 6.45) is 7.84. The fourth-order valence-electron chi connectivity index (χ4n) is 4.43. The van der Waals surface area contributed by atoms with Crippen molar-refractivity contribution in [3.63, 3.8) is 0 Å². The molecule has 4 rings (SSSR count). The molecule has 0 bridgehead atoms. The highest BCUT2D eigenvalue weighted by atomic mass is 35.5. The smallest absolute Gasteiger partial charge is 0.258 e. The number of benzene rings is 1. The average Bonchev–Trinajstić information content (AvgIpc) is 2.70. The van der Waals surface area contributed by atoms with Crippen LogP contribution in [0.25, 0.3) is 10.9 Å². The molecule has 1 saturated carbocycles. The molecule has 2 aromatic rings. The number of nitrogens with zero attached hydrogens (tertiary/aromatic N) is 2. The number of hydrogen-bond donors (Lipinski definition) is 2. The van der Waals surface area contributed by atoms with Crippen molar-refractivity contribution in [2.24, 2.45) is 5.92 Å². The van der Waals surface area contributed by atoms with E-state index in [9.17, 15) is 9.59 Å². The van der Waals surface area contributed by atoms with Crippen LogP contribution in [-0.2, 0) is 11.3 Å². The van der Waals surface area contributed by atoms with E-state index in [1.54, 1.807) is 18.2 Å². The summed E-state index contributed by atoms with van der Waals surface area (Å²) >= 11 is 5.97. The van der Waals surface area contributed by atoms with E-state index in [-0.39, 0.29) is 17.4 Å². The van der Waals surface area contributed by atoms with Crippen LogP contribution in [0.5, 0.6) is 0 Å². The average molecular weight is 403 g/mol. The van der Waals surface area contributed by atoms with E-state index in [0.717, 1.165) is 32.2 Å². The second-order valence-electron chi connectivity index (χ2n) is 8.09. The van der Waals surface area contributed by atoms with Gasteiger partial charge >= 0.3 is 0 Å². The first-order chi connectivity index (χ1) is 13.6. The van der Waals surface area contributed by atoms with Crippen LogP contribution in [0.3, 0.4) is 0 Å². The number of piperidine rings is 1. The van der Waals surface area contributed by atoms with E-state index in [0.29, 0.717) is 40.9 Å². The van der Waals surface area contributed by atoms with Crippen LogP contribution in [0.1, 0.15) is 50.8 Å². The molecule has 1 saturated heterocycles. The maximum atomic E-state index is 12.7. The highest BCUT2D eigenvalue weighted by Gasteiger charge is 2.28. The second kappa shape index (κ2) is 8.62. The van der Waals surface area contributed by atoms with Crippen LogP contribution in [-0.4, -0.2) is 39.9 Å². The molecule has 1 aromatic carbocycles. The van der Waals surface area contributed by atoms with Crippen molar-refractivity contribution in [1.29, 1.82) is 0 Å². The summed E-state index contributed by atoms with van der Waals surface area (Å²) in [5.41, 5.74) is 0.470. The molecule has 1 aliphatic carbocycles. The molecule has 2 N–H and O–H groups in total. The van der Waals surface area contributed by atoms with Crippen molar-refractivity contribution in [2.45, 2.75) is 57.5 Å². The number of H-pyrrole nitrogens is 1. The molecule has 1 unspecified atom stereocenters. The Morgan fingerprint density at radius 1 is 1.21 bits per heavy atom. The summed E-state index contributed by atoms with van der Waals surface area (Å²) in [5.74, 6) is 0.834. The van der Waals surface area contributed by atoms with Gasteiger partial charge in [0, 0.05) is 17.6 Å². The minimum atomic E-state index is -0.175. The zero-order chi connectivity index (χ0) is 19.5. The number of halogens is 1. The van der Waals surface area contributed by atoms with E-state index in [2.05, 4.69) is 20.2 Å². The van der Waals surface area contributed by atoms with Gasteiger partial charge in [-0.3, -0.25) is 14.5 Å². The Balaban J connectivity index is 1.41. The van der Waals surface area contributed by atoms with Gasteiger partial charge in [-0.25, -0.2) is 4.98 Å². The Kier molecular flexibility index (Phi) is 5.97. The Bertz CT molecular complexity index is 907. The van der Waals surface area contributed by atoms with Gasteiger partial charge in [0.25, 0.3) is 5.56 Å². The summed E-state index contributed by atoms with van der Waals surface area (Å²) in [6.45, 7) is 2.16. The third-order valence-corrected chi connectivity index (χ3v) is 6.15. The number of nitrogens with one attached hydrogen (secondary N) is 2. The van der Waals surface area contributed by atoms with Crippen molar-refractivity contribution in [2.75, 3.05) is 13.1 Å². The van der Waals surface area contributed by atoms with Crippen LogP contribution < -0.4 is 10.9 Å². The van der Waals surface area contributed by atoms with Gasteiger partial charge in [-0.1, -0.05) is 30.9 Å². The standard InChI is InChI=1S/C21H27ClN4O2/c22-15-8-9-18-17(11-15)21(28)25-19(24-18)13-26-10-4-5-14(12-26)20(27)23-16-6-2-1-3-7-16/h8-9,11,14,16H,1-7,10,12-13H2,(H,23,27)(H,24,25,28). The van der Waals surface area contributed by atoms with E-state index < -0.39 is 0 Å². The van der Waals surface area contributed by atoms with Gasteiger partial charge in [0.2, 0.25) is 5.91 Å². The number of hydrogen-bond acceptors (Lipinski definition) is 4. The summed E-state index contributed by atoms with van der Waals surface area (Å²) < 4.78 is 0. The van der Waals surface area contributed by atoms with Crippen LogP contribution in [0.15, 0.2) is 23.0 Å². The normalized spacial score (nSPS) is 21.7. The second-order valence-corrected chi connectivity index (χ2v) is 8.53. The maximum absolute atomic E-state index is 12.7. The Morgan fingerprint density at radius 2 is 2.04 bits per heavy atom. The van der Waals surface area contributed by atoms with E-state index >= 15 is 0 Å². The first-order valence-electron chi connectivity index (χ1n) is 10.3. The zero-order valence-corrected chi connectivity index (χ0v) is 16.8. The highest BCUT2D eigenvalue weighted by Crippen LogP contribution is 2.22. The molecule has 150 valence electrons. The molecule has 7 heteroatoms. The van der Waals surface area contributed by atoms with Gasteiger partial charge in [0.05, 0.1) is 23.4 Å². The quantitative estimate of drug-likeness (QED) is 0.822. The third-order valence-electron chi connectivity index (χ3n) is 5.92. The molecule has 2 heterocycles. The lowest BCUT2D eigenvalue weighted by Crippen LogP contribution is -2.46. The molecular weight excluding hydrogens is 376 g/mol. The van der Waals surface area contributed by atoms with Crippen molar-refractivity contribution < 1.29 is 4.79 Å². The number of carbonyl (C=O) groups is 1. The maximum Gasteiger partial charge on any atom is 0.258 e. The summed E-state index contributed by atoms with van der Waals surface area (Å²) in [5, 5.41) is 4.28. The molecule has 1 amide bonds. The lowest BCUT2D eigenvalue weighted by atomic mass is 9.93. The van der Waals surface area contributed by atoms with Crippen molar-refractivity contribution in [3.05, 3.63) is 39.4 Å². The molecule has 2 fully saturated rings. The SMILES string of the molecule is O=C(NC1CCCCC1)C1CCCN(Cc2nc3ccc(Cl)cc3c(=O)[nH]2)C1. The van der Waals surface area contributed by atoms with Gasteiger partial charge in [-0.2, -0.15) is 0 Å². The molecule has 0 spiro atoms. The zero-order valence-electron chi connectivity index (χ0n) is 16.0. The summed E-state index contributed by atoms with van der Waals surface area (Å²) in [6, 6.07) is 5.50. The largest absolute Gasteiger partial charge is 0.353 e. The van der Waals surface area contributed by atoms with Gasteiger partial charge < -0.3 is 10.3 Å². The molecule has 1 atom stereocenters. The van der Waals surface area contributed by atoms with Crippen LogP contribution >= 0.6 is 11.6 Å². The summed E-state index contributed by atoms with van der Waals surface area (Å²) in [7, 11) is 0. The topological polar surface area (TPSA) is 78.1 Å². The van der Waals surface area contributed by atoms with Crippen molar-refractivity contribution in [1.82, 2.24) is 20.2 Å². The van der Waals surface area contributed by atoms with E-state index in [4.69, 9.17) is 11.6 Å². The lowest BCUT2D eigenvalue weighted by molar-refractivity contribution is -0.127. The Morgan fingerprint density at radius 3 is 2.86 bits per heavy atom. The van der Waals surface area contributed by atoms with E-state index in [1.807, 2.05) is 0 Å². The molecule has 1 aromatic heterocycles. The van der Waals surface area contributed by atoms with Gasteiger partial charge in [0.1, 0.15) is 5.82 Å². The fourth-order valence-corrected chi connectivity index (χ4v) is 4.60. The van der Waals surface area contributed by atoms with Gasteiger partial charge in [-0.15, -0.1) is 0 Å². The Hall–Kier alpha value is -1.92. The number of likely N-dealkylation sites (tertiary alicyclic amines) is 1. The van der Waals surface area contributed by atoms with Gasteiger partial charge in [-0.05, 0) is 50.4 Å². The van der Waals surface area contributed by atoms with Gasteiger partial charge in [0.15, 0.2) is 0 Å². The molecule has 6 nitrogen and oxygen atoms in total. The van der Waals surface area contributed by atoms with Crippen LogP contribution in [0.4, 0.5) is 0 Å². The van der Waals surface area contributed by atoms with Crippen molar-refractivity contribution >= 4 is 28.4 Å². The highest BCUT2D eigenvalue weighted by molar-refractivity contribution is 6.31. The molecule has 0 radical (unpaired) electrons. The monoisotopic (exact) mass is 402 g/mol. The fraction of sp³-hybridized carbons (Fsp3) is 0.571. The first-order valence-corrected chi connectivity index (χ1v) is 10.7. The minimum absolute atomic E-state index is 0.0154. The van der Waals surface area contributed by atoms with Crippen LogP contribution in [0, 0.1) is 5.92 Å². The predicted octanol–water partition coefficient (Wildman–Crippen LogP) is 3.24. The molecular formula is C21H27ClN4O2. The molecule has 1 aliphatic heterocycles. The number of aromatic amines is 1. The number of carbonyl (C=O) groups excluding carboxylic acids is 1. The minimum Gasteiger partial charge on any atom is -0.353 e. The predicted molar refractivity (Wildman–Crippen MR) is 110 cm³/mol. The summed E-state index contributed by atoms with van der Waals surface area (Å²) in [4.78, 5) is 34.7. The Labute approximate surface area is 169 Å².